The fraction of sp³-hybridized carbons (Fsp3) is 0.333. The molecule has 0 atom stereocenters. The van der Waals surface area contributed by atoms with Gasteiger partial charge in [0.1, 0.15) is 5.75 Å². The van der Waals surface area contributed by atoms with E-state index in [0.29, 0.717) is 11.4 Å². The number of nitrogens with two attached hydrogens (primary N) is 1. The second-order valence-corrected chi connectivity index (χ2v) is 4.04. The zero-order valence-electron chi connectivity index (χ0n) is 10.4. The number of hydrogen-bond donors (Lipinski definition) is 3. The Labute approximate surface area is 105 Å². The number of ether oxygens (including phenoxy) is 1. The number of anilines is 1. The molecule has 0 saturated carbocycles. The van der Waals surface area contributed by atoms with Gasteiger partial charge in [-0.1, -0.05) is 6.07 Å². The van der Waals surface area contributed by atoms with Gasteiger partial charge in [-0.05, 0) is 26.0 Å². The van der Waals surface area contributed by atoms with Gasteiger partial charge in [0.25, 0.3) is 5.91 Å². The Morgan fingerprint density at radius 2 is 2.11 bits per heavy atom. The Kier molecular flexibility index (Phi) is 4.98. The summed E-state index contributed by atoms with van der Waals surface area (Å²) < 4.78 is 5.18. The largest absolute Gasteiger partial charge is 0.484 e. The van der Waals surface area contributed by atoms with Crippen LogP contribution in [0.4, 0.5) is 10.5 Å². The third-order valence-electron chi connectivity index (χ3n) is 1.90. The van der Waals surface area contributed by atoms with Crippen molar-refractivity contribution >= 4 is 17.6 Å². The van der Waals surface area contributed by atoms with Crippen LogP contribution in [0.1, 0.15) is 13.8 Å². The maximum Gasteiger partial charge on any atom is 0.321 e. The summed E-state index contributed by atoms with van der Waals surface area (Å²) in [4.78, 5) is 22.6. The predicted molar refractivity (Wildman–Crippen MR) is 68.2 cm³/mol. The number of nitrogens with one attached hydrogen (secondary N) is 2. The van der Waals surface area contributed by atoms with Crippen LogP contribution < -0.4 is 21.1 Å². The Morgan fingerprint density at radius 3 is 2.72 bits per heavy atom. The summed E-state index contributed by atoms with van der Waals surface area (Å²) in [6, 6.07) is 6.13. The minimum absolute atomic E-state index is 0.0346. The zero-order valence-corrected chi connectivity index (χ0v) is 10.4. The smallest absolute Gasteiger partial charge is 0.321 e. The second kappa shape index (κ2) is 6.48. The summed E-state index contributed by atoms with van der Waals surface area (Å²) in [6.45, 7) is 3.36. The second-order valence-electron chi connectivity index (χ2n) is 4.04. The van der Waals surface area contributed by atoms with Crippen LogP contribution in [0.2, 0.25) is 0 Å². The number of urea groups is 1. The van der Waals surface area contributed by atoms with Gasteiger partial charge in [0, 0.05) is 17.8 Å². The van der Waals surface area contributed by atoms with Gasteiger partial charge >= 0.3 is 6.03 Å². The van der Waals surface area contributed by atoms with Crippen molar-refractivity contribution in [2.75, 3.05) is 12.3 Å². The highest BCUT2D eigenvalue weighted by atomic mass is 16.5. The topological polar surface area (TPSA) is 93.5 Å². The Bertz CT molecular complexity index is 432. The number of benzene rings is 1. The third kappa shape index (κ3) is 5.20. The van der Waals surface area contributed by atoms with Gasteiger partial charge in [-0.3, -0.25) is 10.1 Å². The molecule has 0 aliphatic heterocycles. The van der Waals surface area contributed by atoms with Gasteiger partial charge < -0.3 is 15.8 Å². The number of hydrogen-bond acceptors (Lipinski definition) is 4. The van der Waals surface area contributed by atoms with E-state index in [1.54, 1.807) is 38.1 Å². The van der Waals surface area contributed by atoms with Crippen LogP contribution in [-0.4, -0.2) is 24.6 Å². The molecule has 1 aromatic carbocycles. The summed E-state index contributed by atoms with van der Waals surface area (Å²) in [6.07, 6.45) is 0. The van der Waals surface area contributed by atoms with E-state index in [1.807, 2.05) is 0 Å². The molecule has 6 heteroatoms. The van der Waals surface area contributed by atoms with Crippen molar-refractivity contribution in [1.29, 1.82) is 0 Å². The lowest BCUT2D eigenvalue weighted by Crippen LogP contribution is -2.44. The summed E-state index contributed by atoms with van der Waals surface area (Å²) in [7, 11) is 0. The molecule has 0 bridgehead atoms. The van der Waals surface area contributed by atoms with E-state index >= 15 is 0 Å². The van der Waals surface area contributed by atoms with Gasteiger partial charge in [-0.2, -0.15) is 0 Å². The van der Waals surface area contributed by atoms with Crippen molar-refractivity contribution < 1.29 is 14.3 Å². The Balaban J connectivity index is 2.35. The van der Waals surface area contributed by atoms with Crippen molar-refractivity contribution in [1.82, 2.24) is 10.6 Å². The summed E-state index contributed by atoms with van der Waals surface area (Å²) in [5.41, 5.74) is 6.10. The molecule has 3 amide bonds. The minimum atomic E-state index is -0.536. The number of rotatable bonds is 4. The molecule has 0 fully saturated rings. The van der Waals surface area contributed by atoms with Crippen LogP contribution in [-0.2, 0) is 4.79 Å². The lowest BCUT2D eigenvalue weighted by Gasteiger charge is -2.10. The molecular formula is C12H17N3O3. The number of amides is 3. The fourth-order valence-electron chi connectivity index (χ4n) is 1.21. The van der Waals surface area contributed by atoms with Crippen molar-refractivity contribution in [3.05, 3.63) is 24.3 Å². The molecule has 0 radical (unpaired) electrons. The van der Waals surface area contributed by atoms with Crippen LogP contribution in [0.3, 0.4) is 0 Å². The van der Waals surface area contributed by atoms with Gasteiger partial charge in [0.15, 0.2) is 6.61 Å². The van der Waals surface area contributed by atoms with Crippen molar-refractivity contribution in [3.8, 4) is 5.75 Å². The third-order valence-corrected chi connectivity index (χ3v) is 1.90. The van der Waals surface area contributed by atoms with E-state index in [1.165, 1.54) is 0 Å². The molecule has 0 unspecified atom stereocenters. The molecule has 1 rings (SSSR count). The van der Waals surface area contributed by atoms with Crippen LogP contribution in [0.5, 0.6) is 5.75 Å². The maximum atomic E-state index is 11.4. The molecular weight excluding hydrogens is 234 g/mol. The molecule has 0 spiro atoms. The van der Waals surface area contributed by atoms with E-state index in [2.05, 4.69) is 10.6 Å². The number of carbonyl (C=O) groups excluding carboxylic acids is 2. The highest BCUT2D eigenvalue weighted by Crippen LogP contribution is 2.13. The van der Waals surface area contributed by atoms with Gasteiger partial charge in [-0.25, -0.2) is 4.79 Å². The van der Waals surface area contributed by atoms with Crippen LogP contribution in [0, 0.1) is 0 Å². The number of carbonyl (C=O) groups is 2. The molecule has 0 aliphatic rings. The van der Waals surface area contributed by atoms with E-state index in [4.69, 9.17) is 10.5 Å². The first-order chi connectivity index (χ1) is 8.47. The van der Waals surface area contributed by atoms with Crippen LogP contribution in [0.25, 0.3) is 0 Å². The monoisotopic (exact) mass is 251 g/mol. The molecule has 0 aliphatic carbocycles. The average Bonchev–Trinajstić information content (AvgIpc) is 2.25. The molecule has 0 saturated heterocycles. The fourth-order valence-corrected chi connectivity index (χ4v) is 1.21. The standard InChI is InChI=1S/C12H17N3O3/c1-8(2)14-12(17)15-11(16)7-18-10-5-3-4-9(13)6-10/h3-6,8H,7,13H2,1-2H3,(H2,14,15,16,17). The molecule has 1 aromatic rings. The molecule has 18 heavy (non-hydrogen) atoms. The first-order valence-electron chi connectivity index (χ1n) is 5.56. The van der Waals surface area contributed by atoms with E-state index in [-0.39, 0.29) is 12.6 Å². The summed E-state index contributed by atoms with van der Waals surface area (Å²) in [5.74, 6) is -0.0370. The SMILES string of the molecule is CC(C)NC(=O)NC(=O)COc1cccc(N)c1. The first kappa shape index (κ1) is 13.8. The molecule has 0 heterocycles. The van der Waals surface area contributed by atoms with Crippen molar-refractivity contribution in [3.63, 3.8) is 0 Å². The van der Waals surface area contributed by atoms with E-state index in [9.17, 15) is 9.59 Å². The summed E-state index contributed by atoms with van der Waals surface area (Å²) >= 11 is 0. The van der Waals surface area contributed by atoms with Crippen molar-refractivity contribution in [2.45, 2.75) is 19.9 Å². The van der Waals surface area contributed by atoms with Crippen LogP contribution in [0.15, 0.2) is 24.3 Å². The number of imide groups is 1. The lowest BCUT2D eigenvalue weighted by molar-refractivity contribution is -0.122. The molecule has 6 nitrogen and oxygen atoms in total. The zero-order chi connectivity index (χ0) is 13.5. The van der Waals surface area contributed by atoms with E-state index < -0.39 is 11.9 Å². The highest BCUT2D eigenvalue weighted by Gasteiger charge is 2.09. The predicted octanol–water partition coefficient (Wildman–Crippen LogP) is 0.882. The molecule has 0 aromatic heterocycles. The maximum absolute atomic E-state index is 11.4. The Morgan fingerprint density at radius 1 is 1.39 bits per heavy atom. The van der Waals surface area contributed by atoms with Gasteiger partial charge in [0.05, 0.1) is 0 Å². The highest BCUT2D eigenvalue weighted by molar-refractivity contribution is 5.95. The molecule has 4 N–H and O–H groups in total. The summed E-state index contributed by atoms with van der Waals surface area (Å²) in [5, 5.41) is 4.69. The lowest BCUT2D eigenvalue weighted by atomic mass is 10.3. The van der Waals surface area contributed by atoms with E-state index in [0.717, 1.165) is 0 Å². The quantitative estimate of drug-likeness (QED) is 0.692. The van der Waals surface area contributed by atoms with Crippen molar-refractivity contribution in [2.24, 2.45) is 0 Å². The number of nitrogen functional groups attached to an aromatic ring is 1. The van der Waals surface area contributed by atoms with Crippen LogP contribution >= 0.6 is 0 Å². The normalized spacial score (nSPS) is 9.94. The molecule has 98 valence electrons. The van der Waals surface area contributed by atoms with Gasteiger partial charge in [0.2, 0.25) is 0 Å². The first-order valence-corrected chi connectivity index (χ1v) is 5.56. The Hall–Kier alpha value is -2.24. The minimum Gasteiger partial charge on any atom is -0.484 e. The van der Waals surface area contributed by atoms with Gasteiger partial charge in [-0.15, -0.1) is 0 Å². The average molecular weight is 251 g/mol.